The molecule has 0 aliphatic carbocycles. The predicted octanol–water partition coefficient (Wildman–Crippen LogP) is 2.35. The van der Waals surface area contributed by atoms with Gasteiger partial charge in [0.15, 0.2) is 0 Å². The number of halogens is 1. The molecule has 0 aromatic carbocycles. The van der Waals surface area contributed by atoms with Gasteiger partial charge in [-0.15, -0.1) is 6.58 Å². The number of pyridine rings is 1. The van der Waals surface area contributed by atoms with Crippen molar-refractivity contribution in [2.45, 2.75) is 0 Å². The number of hydrogen-bond acceptors (Lipinski definition) is 4. The van der Waals surface area contributed by atoms with E-state index in [1.807, 2.05) is 0 Å². The topological polar surface area (TPSA) is 68.1 Å². The molecule has 0 saturated carbocycles. The Labute approximate surface area is 89.1 Å². The Hall–Kier alpha value is -1.43. The van der Waals surface area contributed by atoms with Gasteiger partial charge in [-0.05, 0) is 15.9 Å². The summed E-state index contributed by atoms with van der Waals surface area (Å²) >= 11 is 3.18. The van der Waals surface area contributed by atoms with E-state index in [9.17, 15) is 10.1 Å². The van der Waals surface area contributed by atoms with Crippen molar-refractivity contribution < 1.29 is 4.92 Å². The van der Waals surface area contributed by atoms with Crippen LogP contribution < -0.4 is 5.32 Å². The number of nitrogens with one attached hydrogen (secondary N) is 1. The van der Waals surface area contributed by atoms with E-state index in [0.717, 1.165) is 0 Å². The molecule has 14 heavy (non-hydrogen) atoms. The Morgan fingerprint density at radius 1 is 1.71 bits per heavy atom. The molecule has 0 aliphatic heterocycles. The maximum atomic E-state index is 10.6. The van der Waals surface area contributed by atoms with Gasteiger partial charge in [-0.2, -0.15) is 0 Å². The van der Waals surface area contributed by atoms with Gasteiger partial charge in [-0.3, -0.25) is 15.1 Å². The van der Waals surface area contributed by atoms with Gasteiger partial charge in [0, 0.05) is 12.7 Å². The summed E-state index contributed by atoms with van der Waals surface area (Å²) in [7, 11) is 0. The molecule has 1 N–H and O–H groups in total. The average Bonchev–Trinajstić information content (AvgIpc) is 2.15. The van der Waals surface area contributed by atoms with E-state index in [2.05, 4.69) is 32.8 Å². The quantitative estimate of drug-likeness (QED) is 0.511. The lowest BCUT2D eigenvalue weighted by atomic mass is 10.3. The second kappa shape index (κ2) is 4.71. The maximum Gasteiger partial charge on any atom is 0.311 e. The smallest absolute Gasteiger partial charge is 0.311 e. The van der Waals surface area contributed by atoms with E-state index >= 15 is 0 Å². The molecule has 0 atom stereocenters. The fourth-order valence-electron chi connectivity index (χ4n) is 0.912. The highest BCUT2D eigenvalue weighted by Gasteiger charge is 2.15. The van der Waals surface area contributed by atoms with Crippen LogP contribution in [0.15, 0.2) is 29.5 Å². The van der Waals surface area contributed by atoms with Crippen LogP contribution in [0, 0.1) is 10.1 Å². The van der Waals surface area contributed by atoms with Crippen LogP contribution in [0.4, 0.5) is 11.4 Å². The summed E-state index contributed by atoms with van der Waals surface area (Å²) in [6.07, 6.45) is 4.32. The van der Waals surface area contributed by atoms with Crippen molar-refractivity contribution in [2.24, 2.45) is 0 Å². The Balaban J connectivity index is 3.08. The molecule has 0 unspecified atom stereocenters. The van der Waals surface area contributed by atoms with Gasteiger partial charge >= 0.3 is 5.69 Å². The van der Waals surface area contributed by atoms with E-state index in [0.29, 0.717) is 16.7 Å². The Morgan fingerprint density at radius 3 is 3.00 bits per heavy atom. The van der Waals surface area contributed by atoms with E-state index < -0.39 is 4.92 Å². The van der Waals surface area contributed by atoms with Crippen LogP contribution in [0.5, 0.6) is 0 Å². The first-order valence-corrected chi connectivity index (χ1v) is 4.58. The SMILES string of the molecule is C=CCNc1c(Br)cncc1[N+](=O)[O-]. The van der Waals surface area contributed by atoms with Gasteiger partial charge in [0.2, 0.25) is 0 Å². The maximum absolute atomic E-state index is 10.6. The summed E-state index contributed by atoms with van der Waals surface area (Å²) in [6, 6.07) is 0. The largest absolute Gasteiger partial charge is 0.375 e. The fraction of sp³-hybridized carbons (Fsp3) is 0.125. The number of aromatic nitrogens is 1. The predicted molar refractivity (Wildman–Crippen MR) is 57.3 cm³/mol. The van der Waals surface area contributed by atoms with Gasteiger partial charge in [0.1, 0.15) is 11.9 Å². The first kappa shape index (κ1) is 10.6. The Kier molecular flexibility index (Phi) is 3.58. The molecule has 5 nitrogen and oxygen atoms in total. The van der Waals surface area contributed by atoms with Crippen molar-refractivity contribution in [3.05, 3.63) is 39.6 Å². The molecule has 6 heteroatoms. The zero-order valence-corrected chi connectivity index (χ0v) is 8.82. The summed E-state index contributed by atoms with van der Waals surface area (Å²) in [5.41, 5.74) is 0.367. The standard InChI is InChI=1S/C8H8BrN3O2/c1-2-3-11-8-6(9)4-10-5-7(8)12(13)14/h2,4-5H,1,3H2,(H,10,11). The lowest BCUT2D eigenvalue weighted by Crippen LogP contribution is -2.03. The van der Waals surface area contributed by atoms with Crippen molar-refractivity contribution in [1.82, 2.24) is 4.98 Å². The van der Waals surface area contributed by atoms with Crippen LogP contribution in [0.25, 0.3) is 0 Å². The van der Waals surface area contributed by atoms with Crippen LogP contribution in [-0.4, -0.2) is 16.5 Å². The highest BCUT2D eigenvalue weighted by Crippen LogP contribution is 2.30. The highest BCUT2D eigenvalue weighted by atomic mass is 79.9. The second-order valence-electron chi connectivity index (χ2n) is 2.44. The molecular weight excluding hydrogens is 250 g/mol. The number of hydrogen-bond donors (Lipinski definition) is 1. The molecule has 1 aromatic heterocycles. The summed E-state index contributed by atoms with van der Waals surface area (Å²) < 4.78 is 0.563. The minimum absolute atomic E-state index is 0.0544. The molecule has 74 valence electrons. The van der Waals surface area contributed by atoms with Crippen LogP contribution in [-0.2, 0) is 0 Å². The van der Waals surface area contributed by atoms with E-state index in [1.54, 1.807) is 6.08 Å². The first-order chi connectivity index (χ1) is 6.66. The normalized spacial score (nSPS) is 9.50. The van der Waals surface area contributed by atoms with Gasteiger partial charge < -0.3 is 5.32 Å². The van der Waals surface area contributed by atoms with Crippen molar-refractivity contribution in [1.29, 1.82) is 0 Å². The third-order valence-corrected chi connectivity index (χ3v) is 2.10. The zero-order chi connectivity index (χ0) is 10.6. The molecule has 1 aromatic rings. The lowest BCUT2D eigenvalue weighted by molar-refractivity contribution is -0.384. The third kappa shape index (κ3) is 2.29. The van der Waals surface area contributed by atoms with Gasteiger partial charge in [0.05, 0.1) is 9.40 Å². The molecule has 0 amide bonds. The molecular formula is C8H8BrN3O2. The molecule has 0 aliphatic rings. The van der Waals surface area contributed by atoms with Gasteiger partial charge in [0.25, 0.3) is 0 Å². The molecule has 0 radical (unpaired) electrons. The molecule has 0 spiro atoms. The van der Waals surface area contributed by atoms with Crippen molar-refractivity contribution in [3.8, 4) is 0 Å². The van der Waals surface area contributed by atoms with Crippen molar-refractivity contribution >= 4 is 27.3 Å². The summed E-state index contributed by atoms with van der Waals surface area (Å²) in [6.45, 7) is 3.98. The summed E-state index contributed by atoms with van der Waals surface area (Å²) in [5.74, 6) is 0. The second-order valence-corrected chi connectivity index (χ2v) is 3.30. The van der Waals surface area contributed by atoms with E-state index in [1.165, 1.54) is 12.4 Å². The van der Waals surface area contributed by atoms with Crippen LogP contribution >= 0.6 is 15.9 Å². The summed E-state index contributed by atoms with van der Waals surface area (Å²) in [4.78, 5) is 13.9. The molecule has 0 saturated heterocycles. The molecule has 0 bridgehead atoms. The van der Waals surface area contributed by atoms with Crippen LogP contribution in [0.2, 0.25) is 0 Å². The number of nitrogens with zero attached hydrogens (tertiary/aromatic N) is 2. The van der Waals surface area contributed by atoms with Crippen LogP contribution in [0.3, 0.4) is 0 Å². The number of rotatable bonds is 4. The van der Waals surface area contributed by atoms with Crippen LogP contribution in [0.1, 0.15) is 0 Å². The molecule has 0 fully saturated rings. The fourth-order valence-corrected chi connectivity index (χ4v) is 1.37. The van der Waals surface area contributed by atoms with Gasteiger partial charge in [-0.25, -0.2) is 0 Å². The minimum atomic E-state index is -0.483. The number of anilines is 1. The van der Waals surface area contributed by atoms with E-state index in [4.69, 9.17) is 0 Å². The van der Waals surface area contributed by atoms with Crippen molar-refractivity contribution in [3.63, 3.8) is 0 Å². The number of nitro groups is 1. The monoisotopic (exact) mass is 257 g/mol. The van der Waals surface area contributed by atoms with Crippen molar-refractivity contribution in [2.75, 3.05) is 11.9 Å². The minimum Gasteiger partial charge on any atom is -0.375 e. The first-order valence-electron chi connectivity index (χ1n) is 3.79. The summed E-state index contributed by atoms with van der Waals surface area (Å²) in [5, 5.41) is 13.5. The Bertz CT molecular complexity index is 368. The van der Waals surface area contributed by atoms with Gasteiger partial charge in [-0.1, -0.05) is 6.08 Å². The van der Waals surface area contributed by atoms with E-state index in [-0.39, 0.29) is 5.69 Å². The zero-order valence-electron chi connectivity index (χ0n) is 7.24. The molecule has 1 rings (SSSR count). The molecule has 1 heterocycles. The Morgan fingerprint density at radius 2 is 2.43 bits per heavy atom. The third-order valence-electron chi connectivity index (χ3n) is 1.50. The lowest BCUT2D eigenvalue weighted by Gasteiger charge is -2.05. The highest BCUT2D eigenvalue weighted by molar-refractivity contribution is 9.10. The average molecular weight is 258 g/mol.